The van der Waals surface area contributed by atoms with Crippen molar-refractivity contribution >= 4 is 17.4 Å². The first-order valence-corrected chi connectivity index (χ1v) is 9.96. The molecule has 0 unspecified atom stereocenters. The maximum atomic E-state index is 12.7. The van der Waals surface area contributed by atoms with Crippen LogP contribution in [0.5, 0.6) is 5.75 Å². The lowest BCUT2D eigenvalue weighted by atomic mass is 10.1. The molecule has 1 N–H and O–H groups in total. The highest BCUT2D eigenvalue weighted by Gasteiger charge is 2.15. The summed E-state index contributed by atoms with van der Waals surface area (Å²) in [6, 6.07) is 21.4. The van der Waals surface area contributed by atoms with Crippen LogP contribution in [0.2, 0.25) is 0 Å². The Kier molecular flexibility index (Phi) is 6.03. The van der Waals surface area contributed by atoms with Crippen molar-refractivity contribution < 1.29 is 14.3 Å². The second kappa shape index (κ2) is 9.22. The molecule has 0 radical (unpaired) electrons. The molecule has 0 aliphatic rings. The van der Waals surface area contributed by atoms with Gasteiger partial charge in [-0.2, -0.15) is 4.80 Å². The molecule has 0 saturated carbocycles. The zero-order valence-electron chi connectivity index (χ0n) is 17.6. The standard InChI is InChI=1S/C24H21N5O3/c1-16-6-5-7-18(14-16)24(31)25-21-9-4-3-8-20(21)23-26-28-29(27-23)15-22(30)17-10-12-19(32-2)13-11-17/h3-14H,15H2,1-2H3,(H,25,31). The second-order valence-corrected chi connectivity index (χ2v) is 7.16. The number of carbonyl (C=O) groups excluding carboxylic acids is 2. The monoisotopic (exact) mass is 427 g/mol. The third kappa shape index (κ3) is 4.70. The van der Waals surface area contributed by atoms with Gasteiger partial charge in [0.15, 0.2) is 5.78 Å². The van der Waals surface area contributed by atoms with Gasteiger partial charge in [-0.05, 0) is 60.7 Å². The molecule has 0 spiro atoms. The summed E-state index contributed by atoms with van der Waals surface area (Å²) in [7, 11) is 1.57. The molecule has 0 atom stereocenters. The topological polar surface area (TPSA) is 99.0 Å². The fourth-order valence-corrected chi connectivity index (χ4v) is 3.18. The van der Waals surface area contributed by atoms with Crippen LogP contribution in [0.15, 0.2) is 72.8 Å². The molecule has 0 aliphatic carbocycles. The zero-order chi connectivity index (χ0) is 22.5. The molecule has 0 bridgehead atoms. The van der Waals surface area contributed by atoms with Gasteiger partial charge in [-0.1, -0.05) is 29.8 Å². The van der Waals surface area contributed by atoms with Crippen LogP contribution in [0.25, 0.3) is 11.4 Å². The van der Waals surface area contributed by atoms with Crippen molar-refractivity contribution in [2.24, 2.45) is 0 Å². The normalized spacial score (nSPS) is 10.6. The Bertz CT molecular complexity index is 1260. The van der Waals surface area contributed by atoms with Crippen molar-refractivity contribution in [3.63, 3.8) is 0 Å². The molecule has 0 fully saturated rings. The second-order valence-electron chi connectivity index (χ2n) is 7.16. The smallest absolute Gasteiger partial charge is 0.255 e. The predicted octanol–water partition coefficient (Wildman–Crippen LogP) is 3.79. The van der Waals surface area contributed by atoms with Crippen LogP contribution in [-0.2, 0) is 6.54 Å². The van der Waals surface area contributed by atoms with Gasteiger partial charge in [-0.3, -0.25) is 9.59 Å². The average molecular weight is 427 g/mol. The zero-order valence-corrected chi connectivity index (χ0v) is 17.6. The van der Waals surface area contributed by atoms with E-state index < -0.39 is 0 Å². The number of Topliss-reactive ketones (excluding diaryl/α,β-unsaturated/α-hetero) is 1. The van der Waals surface area contributed by atoms with E-state index in [0.29, 0.717) is 34.0 Å². The third-order valence-electron chi connectivity index (χ3n) is 4.85. The van der Waals surface area contributed by atoms with Gasteiger partial charge in [0.2, 0.25) is 5.82 Å². The first kappa shape index (κ1) is 20.9. The van der Waals surface area contributed by atoms with Gasteiger partial charge in [0, 0.05) is 16.7 Å². The minimum atomic E-state index is -0.233. The maximum Gasteiger partial charge on any atom is 0.255 e. The summed E-state index contributed by atoms with van der Waals surface area (Å²) in [4.78, 5) is 26.4. The first-order chi connectivity index (χ1) is 15.5. The molecule has 8 nitrogen and oxygen atoms in total. The molecule has 0 saturated heterocycles. The van der Waals surface area contributed by atoms with E-state index in [2.05, 4.69) is 20.7 Å². The van der Waals surface area contributed by atoms with Crippen molar-refractivity contribution in [1.82, 2.24) is 20.2 Å². The van der Waals surface area contributed by atoms with Crippen LogP contribution >= 0.6 is 0 Å². The molecule has 1 heterocycles. The van der Waals surface area contributed by atoms with Crippen LogP contribution in [0, 0.1) is 6.92 Å². The van der Waals surface area contributed by atoms with Gasteiger partial charge in [0.1, 0.15) is 12.3 Å². The summed E-state index contributed by atoms with van der Waals surface area (Å²) in [6.45, 7) is 1.87. The quantitative estimate of drug-likeness (QED) is 0.451. The van der Waals surface area contributed by atoms with E-state index in [1.165, 1.54) is 4.80 Å². The number of hydrogen-bond acceptors (Lipinski definition) is 6. The van der Waals surface area contributed by atoms with Crippen LogP contribution in [0.4, 0.5) is 5.69 Å². The van der Waals surface area contributed by atoms with Crippen molar-refractivity contribution in [3.8, 4) is 17.1 Å². The van der Waals surface area contributed by atoms with Crippen molar-refractivity contribution in [3.05, 3.63) is 89.5 Å². The molecule has 3 aromatic carbocycles. The van der Waals surface area contributed by atoms with Gasteiger partial charge in [-0.15, -0.1) is 10.2 Å². The number of para-hydroxylation sites is 1. The summed E-state index contributed by atoms with van der Waals surface area (Å²) in [5.74, 6) is 0.598. The van der Waals surface area contributed by atoms with Gasteiger partial charge >= 0.3 is 0 Å². The lowest BCUT2D eigenvalue weighted by Crippen LogP contribution is -2.13. The van der Waals surface area contributed by atoms with Crippen LogP contribution < -0.4 is 10.1 Å². The molecule has 160 valence electrons. The number of anilines is 1. The van der Waals surface area contributed by atoms with Crippen molar-refractivity contribution in [2.75, 3.05) is 12.4 Å². The number of rotatable bonds is 7. The maximum absolute atomic E-state index is 12.7. The van der Waals surface area contributed by atoms with Crippen LogP contribution in [0.1, 0.15) is 26.3 Å². The molecule has 8 heteroatoms. The Balaban J connectivity index is 1.51. The lowest BCUT2D eigenvalue weighted by molar-refractivity contribution is 0.0960. The number of tetrazole rings is 1. The third-order valence-corrected chi connectivity index (χ3v) is 4.85. The first-order valence-electron chi connectivity index (χ1n) is 9.96. The molecule has 4 rings (SSSR count). The highest BCUT2D eigenvalue weighted by molar-refractivity contribution is 6.06. The fourth-order valence-electron chi connectivity index (χ4n) is 3.18. The Morgan fingerprint density at radius 2 is 1.75 bits per heavy atom. The van der Waals surface area contributed by atoms with Crippen LogP contribution in [0.3, 0.4) is 0 Å². The number of methoxy groups -OCH3 is 1. The lowest BCUT2D eigenvalue weighted by Gasteiger charge is -2.09. The predicted molar refractivity (Wildman–Crippen MR) is 120 cm³/mol. The Morgan fingerprint density at radius 3 is 2.50 bits per heavy atom. The van der Waals surface area contributed by atoms with E-state index in [1.807, 2.05) is 37.3 Å². The van der Waals surface area contributed by atoms with Crippen molar-refractivity contribution in [2.45, 2.75) is 13.5 Å². The summed E-state index contributed by atoms with van der Waals surface area (Å²) in [6.07, 6.45) is 0. The van der Waals surface area contributed by atoms with Gasteiger partial charge in [0.25, 0.3) is 5.91 Å². The van der Waals surface area contributed by atoms with Crippen molar-refractivity contribution in [1.29, 1.82) is 0 Å². The SMILES string of the molecule is COc1ccc(C(=O)Cn2nnc(-c3ccccc3NC(=O)c3cccc(C)c3)n2)cc1. The van der Waals surface area contributed by atoms with E-state index >= 15 is 0 Å². The molecule has 32 heavy (non-hydrogen) atoms. The highest BCUT2D eigenvalue weighted by Crippen LogP contribution is 2.25. The molecule has 1 amide bonds. The fraction of sp³-hybridized carbons (Fsp3) is 0.125. The number of nitrogens with zero attached hydrogens (tertiary/aromatic N) is 4. The number of benzene rings is 3. The number of hydrogen-bond donors (Lipinski definition) is 1. The van der Waals surface area contributed by atoms with Gasteiger partial charge in [0.05, 0.1) is 12.8 Å². The molecular weight excluding hydrogens is 406 g/mol. The van der Waals surface area contributed by atoms with Gasteiger partial charge < -0.3 is 10.1 Å². The number of carbonyl (C=O) groups is 2. The number of ether oxygens (including phenoxy) is 1. The van der Waals surface area contributed by atoms with E-state index in [9.17, 15) is 9.59 Å². The summed E-state index contributed by atoms with van der Waals surface area (Å²) >= 11 is 0. The summed E-state index contributed by atoms with van der Waals surface area (Å²) in [5, 5.41) is 15.3. The molecular formula is C24H21N5O3. The number of aryl methyl sites for hydroxylation is 1. The number of nitrogens with one attached hydrogen (secondary N) is 1. The molecule has 4 aromatic rings. The Morgan fingerprint density at radius 1 is 0.969 bits per heavy atom. The minimum Gasteiger partial charge on any atom is -0.497 e. The van der Waals surface area contributed by atoms with Crippen LogP contribution in [-0.4, -0.2) is 39.0 Å². The largest absolute Gasteiger partial charge is 0.497 e. The van der Waals surface area contributed by atoms with E-state index in [4.69, 9.17) is 4.74 Å². The summed E-state index contributed by atoms with van der Waals surface area (Å²) < 4.78 is 5.11. The Labute approximate surface area is 184 Å². The number of ketones is 1. The van der Waals surface area contributed by atoms with E-state index in [1.54, 1.807) is 49.6 Å². The molecule has 0 aliphatic heterocycles. The highest BCUT2D eigenvalue weighted by atomic mass is 16.5. The number of amides is 1. The number of aromatic nitrogens is 4. The molecule has 1 aromatic heterocycles. The average Bonchev–Trinajstić information content (AvgIpc) is 3.27. The van der Waals surface area contributed by atoms with E-state index in [0.717, 1.165) is 5.56 Å². The Hall–Kier alpha value is -4.33. The summed E-state index contributed by atoms with van der Waals surface area (Å²) in [5.41, 5.74) is 3.24. The minimum absolute atomic E-state index is 0.0584. The van der Waals surface area contributed by atoms with E-state index in [-0.39, 0.29) is 18.2 Å². The van der Waals surface area contributed by atoms with Gasteiger partial charge in [-0.25, -0.2) is 0 Å².